The van der Waals surface area contributed by atoms with Crippen LogP contribution in [-0.4, -0.2) is 22.4 Å². The van der Waals surface area contributed by atoms with Gasteiger partial charge in [-0.3, -0.25) is 4.99 Å². The predicted molar refractivity (Wildman–Crippen MR) is 81.5 cm³/mol. The molecule has 1 aromatic heterocycles. The number of aryl methyl sites for hydroxylation is 1. The van der Waals surface area contributed by atoms with Gasteiger partial charge in [-0.15, -0.1) is 11.3 Å². The Kier molecular flexibility index (Phi) is 4.67. The van der Waals surface area contributed by atoms with Gasteiger partial charge in [0.25, 0.3) is 0 Å². The summed E-state index contributed by atoms with van der Waals surface area (Å²) in [7, 11) is 0. The maximum Gasteiger partial charge on any atom is 0.156 e. The molecule has 0 aromatic carbocycles. The molecule has 0 saturated carbocycles. The van der Waals surface area contributed by atoms with Crippen LogP contribution < -0.4 is 5.32 Å². The normalized spacial score (nSPS) is 18.5. The van der Waals surface area contributed by atoms with Gasteiger partial charge < -0.3 is 5.32 Å². The predicted octanol–water partition coefficient (Wildman–Crippen LogP) is 3.45. The summed E-state index contributed by atoms with van der Waals surface area (Å²) in [4.78, 5) is 9.14. The number of thioether (sulfide) groups is 1. The molecule has 0 saturated heterocycles. The molecule has 0 unspecified atom stereocenters. The van der Waals surface area contributed by atoms with Gasteiger partial charge in [0.2, 0.25) is 0 Å². The van der Waals surface area contributed by atoms with E-state index in [1.807, 2.05) is 18.7 Å². The van der Waals surface area contributed by atoms with Gasteiger partial charge in [0.1, 0.15) is 5.01 Å². The molecule has 1 N–H and O–H groups in total. The van der Waals surface area contributed by atoms with Crippen LogP contribution in [0.3, 0.4) is 0 Å². The minimum Gasteiger partial charge on any atom is -0.358 e. The monoisotopic (exact) mass is 283 g/mol. The van der Waals surface area contributed by atoms with Gasteiger partial charge in [0, 0.05) is 23.4 Å². The van der Waals surface area contributed by atoms with Crippen LogP contribution in [0.1, 0.15) is 37.4 Å². The lowest BCUT2D eigenvalue weighted by molar-refractivity contribution is 0.318. The third-order valence-electron chi connectivity index (χ3n) is 3.63. The van der Waals surface area contributed by atoms with Gasteiger partial charge in [-0.05, 0) is 25.2 Å². The number of amidine groups is 1. The summed E-state index contributed by atoms with van der Waals surface area (Å²) in [5, 5.41) is 7.71. The van der Waals surface area contributed by atoms with Crippen molar-refractivity contribution in [3.8, 4) is 0 Å². The van der Waals surface area contributed by atoms with Crippen molar-refractivity contribution in [3.63, 3.8) is 0 Å². The van der Waals surface area contributed by atoms with Crippen LogP contribution in [-0.2, 0) is 6.54 Å². The van der Waals surface area contributed by atoms with E-state index in [1.54, 1.807) is 11.3 Å². The van der Waals surface area contributed by atoms with Crippen LogP contribution in [0, 0.1) is 12.3 Å². The maximum atomic E-state index is 4.69. The molecule has 2 rings (SSSR count). The van der Waals surface area contributed by atoms with Gasteiger partial charge in [0.15, 0.2) is 5.17 Å². The van der Waals surface area contributed by atoms with E-state index in [9.17, 15) is 0 Å². The van der Waals surface area contributed by atoms with Crippen molar-refractivity contribution in [1.29, 1.82) is 0 Å². The number of thiazole rings is 1. The van der Waals surface area contributed by atoms with Gasteiger partial charge in [-0.1, -0.05) is 25.6 Å². The van der Waals surface area contributed by atoms with Crippen molar-refractivity contribution < 1.29 is 0 Å². The molecule has 0 bridgehead atoms. The second-order valence-corrected chi connectivity index (χ2v) is 6.76. The summed E-state index contributed by atoms with van der Waals surface area (Å²) in [6.07, 6.45) is 2.44. The number of nitrogens with zero attached hydrogens (tertiary/aromatic N) is 2. The standard InChI is InChI=1S/C13H21N3S2/c1-4-13(5-2)8-15-12(18-9-13)14-6-11-16-10(3)7-17-11/h7H,4-6,8-9H2,1-3H3,(H,14,15). The fourth-order valence-electron chi connectivity index (χ4n) is 1.97. The molecule has 0 atom stereocenters. The van der Waals surface area contributed by atoms with E-state index in [2.05, 4.69) is 29.5 Å². The largest absolute Gasteiger partial charge is 0.358 e. The molecule has 3 nitrogen and oxygen atoms in total. The van der Waals surface area contributed by atoms with E-state index in [4.69, 9.17) is 4.99 Å². The summed E-state index contributed by atoms with van der Waals surface area (Å²) in [5.41, 5.74) is 1.53. The molecule has 0 fully saturated rings. The molecule has 18 heavy (non-hydrogen) atoms. The highest BCUT2D eigenvalue weighted by atomic mass is 32.2. The Morgan fingerprint density at radius 3 is 2.67 bits per heavy atom. The summed E-state index contributed by atoms with van der Waals surface area (Å²) < 4.78 is 0. The first kappa shape index (κ1) is 13.9. The highest BCUT2D eigenvalue weighted by molar-refractivity contribution is 8.13. The van der Waals surface area contributed by atoms with Crippen molar-refractivity contribution >= 4 is 28.3 Å². The number of hydrogen-bond donors (Lipinski definition) is 1. The van der Waals surface area contributed by atoms with Crippen molar-refractivity contribution in [2.24, 2.45) is 10.4 Å². The number of aromatic nitrogens is 1. The third kappa shape index (κ3) is 3.26. The minimum atomic E-state index is 0.424. The van der Waals surface area contributed by atoms with E-state index in [1.165, 1.54) is 18.6 Å². The van der Waals surface area contributed by atoms with Crippen LogP contribution >= 0.6 is 23.1 Å². The molecule has 2 heterocycles. The first-order valence-electron chi connectivity index (χ1n) is 6.49. The number of nitrogens with one attached hydrogen (secondary N) is 1. The maximum absolute atomic E-state index is 4.69. The van der Waals surface area contributed by atoms with Gasteiger partial charge in [-0.2, -0.15) is 0 Å². The van der Waals surface area contributed by atoms with E-state index in [-0.39, 0.29) is 0 Å². The zero-order valence-electron chi connectivity index (χ0n) is 11.3. The van der Waals surface area contributed by atoms with E-state index >= 15 is 0 Å². The van der Waals surface area contributed by atoms with Gasteiger partial charge in [-0.25, -0.2) is 4.98 Å². The van der Waals surface area contributed by atoms with Crippen molar-refractivity contribution in [2.45, 2.75) is 40.2 Å². The van der Waals surface area contributed by atoms with Crippen LogP contribution in [0.5, 0.6) is 0 Å². The molecule has 100 valence electrons. The first-order chi connectivity index (χ1) is 8.67. The lowest BCUT2D eigenvalue weighted by atomic mass is 9.84. The van der Waals surface area contributed by atoms with Crippen LogP contribution in [0.25, 0.3) is 0 Å². The second kappa shape index (κ2) is 6.06. The quantitative estimate of drug-likeness (QED) is 0.919. The van der Waals surface area contributed by atoms with Crippen LogP contribution in [0.2, 0.25) is 0 Å². The summed E-state index contributed by atoms with van der Waals surface area (Å²) in [6, 6.07) is 0. The Morgan fingerprint density at radius 1 is 1.39 bits per heavy atom. The van der Waals surface area contributed by atoms with Crippen LogP contribution in [0.4, 0.5) is 0 Å². The molecule has 0 amide bonds. The first-order valence-corrected chi connectivity index (χ1v) is 8.36. The minimum absolute atomic E-state index is 0.424. The molecule has 0 spiro atoms. The van der Waals surface area contributed by atoms with Crippen molar-refractivity contribution in [3.05, 3.63) is 16.1 Å². The highest BCUT2D eigenvalue weighted by Crippen LogP contribution is 2.34. The zero-order chi connectivity index (χ0) is 13.0. The fraction of sp³-hybridized carbons (Fsp3) is 0.692. The van der Waals surface area contributed by atoms with E-state index in [0.29, 0.717) is 5.41 Å². The molecular formula is C13H21N3S2. The van der Waals surface area contributed by atoms with Crippen molar-refractivity contribution in [1.82, 2.24) is 10.3 Å². The van der Waals surface area contributed by atoms with Gasteiger partial charge >= 0.3 is 0 Å². The lowest BCUT2D eigenvalue weighted by Crippen LogP contribution is -2.34. The van der Waals surface area contributed by atoms with Crippen molar-refractivity contribution in [2.75, 3.05) is 12.3 Å². The molecule has 1 aliphatic heterocycles. The fourth-order valence-corrected chi connectivity index (χ4v) is 3.96. The summed E-state index contributed by atoms with van der Waals surface area (Å²) in [5.74, 6) is 1.18. The Labute approximate surface area is 118 Å². The molecule has 1 aromatic rings. The lowest BCUT2D eigenvalue weighted by Gasteiger charge is -2.33. The summed E-state index contributed by atoms with van der Waals surface area (Å²) in [6.45, 7) is 8.35. The average Bonchev–Trinajstić information content (AvgIpc) is 2.83. The molecule has 5 heteroatoms. The summed E-state index contributed by atoms with van der Waals surface area (Å²) >= 11 is 3.57. The van der Waals surface area contributed by atoms with E-state index in [0.717, 1.165) is 29.0 Å². The van der Waals surface area contributed by atoms with E-state index < -0.39 is 0 Å². The Morgan fingerprint density at radius 2 is 2.17 bits per heavy atom. The molecule has 0 aliphatic carbocycles. The number of rotatable bonds is 4. The number of aliphatic imine (C=N–C) groups is 1. The number of hydrogen-bond acceptors (Lipinski definition) is 5. The Bertz CT molecular complexity index is 422. The molecule has 0 radical (unpaired) electrons. The Balaban J connectivity index is 1.87. The molecule has 1 aliphatic rings. The average molecular weight is 283 g/mol. The SMILES string of the molecule is CCC1(CC)CN=C(NCc2nc(C)cs2)SC1. The Hall–Kier alpha value is -0.550. The molecular weight excluding hydrogens is 262 g/mol. The zero-order valence-corrected chi connectivity index (χ0v) is 13.0. The topological polar surface area (TPSA) is 37.3 Å². The van der Waals surface area contributed by atoms with Crippen LogP contribution in [0.15, 0.2) is 10.4 Å². The second-order valence-electron chi connectivity index (χ2n) is 4.85. The third-order valence-corrected chi connectivity index (χ3v) is 5.90. The highest BCUT2D eigenvalue weighted by Gasteiger charge is 2.29. The van der Waals surface area contributed by atoms with Gasteiger partial charge in [0.05, 0.1) is 6.54 Å². The smallest absolute Gasteiger partial charge is 0.156 e.